The van der Waals surface area contributed by atoms with Crippen molar-refractivity contribution >= 4 is 22.5 Å². The van der Waals surface area contributed by atoms with Gasteiger partial charge in [0.25, 0.3) is 5.56 Å². The quantitative estimate of drug-likeness (QED) is 0.478. The predicted molar refractivity (Wildman–Crippen MR) is 138 cm³/mol. The summed E-state index contributed by atoms with van der Waals surface area (Å²) in [5.74, 6) is 0.716. The third-order valence-corrected chi connectivity index (χ3v) is 7.25. The molecule has 1 N–H and O–H groups in total. The van der Waals surface area contributed by atoms with Crippen molar-refractivity contribution in [3.05, 3.63) is 94.5 Å². The molecule has 1 fully saturated rings. The first-order valence-electron chi connectivity index (χ1n) is 12.2. The average Bonchev–Trinajstić information content (AvgIpc) is 2.85. The predicted octanol–water partition coefficient (Wildman–Crippen LogP) is 4.64. The number of pyridine rings is 2. The van der Waals surface area contributed by atoms with Gasteiger partial charge >= 0.3 is 0 Å². The molecule has 6 rings (SSSR count). The van der Waals surface area contributed by atoms with Crippen LogP contribution in [0.1, 0.15) is 30.5 Å². The zero-order valence-electron chi connectivity index (χ0n) is 19.8. The van der Waals surface area contributed by atoms with E-state index >= 15 is 0 Å². The summed E-state index contributed by atoms with van der Waals surface area (Å²) in [6.45, 7) is 5.07. The molecule has 1 amide bonds. The van der Waals surface area contributed by atoms with Crippen molar-refractivity contribution in [2.75, 3.05) is 18.4 Å². The topological polar surface area (TPSA) is 67.2 Å². The number of para-hydroxylation sites is 1. The zero-order valence-corrected chi connectivity index (χ0v) is 19.8. The Morgan fingerprint density at radius 2 is 1.86 bits per heavy atom. The number of nitrogens with zero attached hydrogens (tertiary/aromatic N) is 3. The molecule has 4 heterocycles. The van der Waals surface area contributed by atoms with Gasteiger partial charge in [0.1, 0.15) is 0 Å². The first-order chi connectivity index (χ1) is 17.0. The monoisotopic (exact) mass is 464 g/mol. The smallest absolute Gasteiger partial charge is 0.258 e. The lowest BCUT2D eigenvalue weighted by atomic mass is 9.82. The molecular weight excluding hydrogens is 436 g/mol. The summed E-state index contributed by atoms with van der Waals surface area (Å²) in [4.78, 5) is 31.9. The number of benzene rings is 2. The Balaban J connectivity index is 1.23. The number of piperidine rings is 1. The molecule has 2 aromatic carbocycles. The van der Waals surface area contributed by atoms with Crippen LogP contribution in [0.25, 0.3) is 22.0 Å². The summed E-state index contributed by atoms with van der Waals surface area (Å²) in [6, 6.07) is 22.1. The first-order valence-corrected chi connectivity index (χ1v) is 12.2. The summed E-state index contributed by atoms with van der Waals surface area (Å²) < 4.78 is 2.00. The molecule has 0 radical (unpaired) electrons. The third kappa shape index (κ3) is 4.26. The molecule has 6 heteroatoms. The number of carbonyl (C=O) groups excluding carboxylic acids is 1. The van der Waals surface area contributed by atoms with Crippen LogP contribution < -0.4 is 10.9 Å². The number of anilines is 1. The number of carbonyl (C=O) groups is 1. The molecule has 1 saturated heterocycles. The van der Waals surface area contributed by atoms with E-state index in [1.54, 1.807) is 0 Å². The normalized spacial score (nSPS) is 19.3. The van der Waals surface area contributed by atoms with Gasteiger partial charge in [-0.3, -0.25) is 19.5 Å². The summed E-state index contributed by atoms with van der Waals surface area (Å²) in [5.41, 5.74) is 5.81. The van der Waals surface area contributed by atoms with Gasteiger partial charge in [0.2, 0.25) is 5.91 Å². The number of nitrogens with one attached hydrogen (secondary N) is 1. The Kier molecular flexibility index (Phi) is 5.46. The fourth-order valence-corrected chi connectivity index (χ4v) is 5.79. The van der Waals surface area contributed by atoms with E-state index in [0.29, 0.717) is 17.4 Å². The van der Waals surface area contributed by atoms with Gasteiger partial charge < -0.3 is 9.88 Å². The van der Waals surface area contributed by atoms with Crippen LogP contribution in [0.4, 0.5) is 5.69 Å². The van der Waals surface area contributed by atoms with E-state index in [2.05, 4.69) is 39.5 Å². The Labute approximate surface area is 204 Å². The highest BCUT2D eigenvalue weighted by atomic mass is 16.1. The number of rotatable bonds is 4. The molecule has 0 saturated carbocycles. The maximum atomic E-state index is 13.5. The van der Waals surface area contributed by atoms with E-state index < -0.39 is 0 Å². The lowest BCUT2D eigenvalue weighted by Gasteiger charge is -2.43. The van der Waals surface area contributed by atoms with Crippen molar-refractivity contribution in [2.24, 2.45) is 5.92 Å². The van der Waals surface area contributed by atoms with Crippen LogP contribution >= 0.6 is 0 Å². The molecule has 2 atom stereocenters. The van der Waals surface area contributed by atoms with Gasteiger partial charge in [-0.25, -0.2) is 0 Å². The molecule has 2 aliphatic rings. The number of likely N-dealkylation sites (tertiary alicyclic amines) is 1. The van der Waals surface area contributed by atoms with Gasteiger partial charge in [-0.15, -0.1) is 0 Å². The number of aromatic nitrogens is 2. The van der Waals surface area contributed by atoms with E-state index in [9.17, 15) is 9.59 Å². The zero-order chi connectivity index (χ0) is 23.9. The Bertz CT molecular complexity index is 1470. The van der Waals surface area contributed by atoms with Crippen LogP contribution in [-0.4, -0.2) is 33.4 Å². The van der Waals surface area contributed by atoms with Crippen LogP contribution in [-0.2, 0) is 17.9 Å². The molecule has 0 aliphatic carbocycles. The number of amides is 1. The minimum atomic E-state index is -0.107. The summed E-state index contributed by atoms with van der Waals surface area (Å²) in [6.07, 6.45) is 3.13. The second kappa shape index (κ2) is 8.78. The van der Waals surface area contributed by atoms with E-state index in [-0.39, 0.29) is 11.5 Å². The van der Waals surface area contributed by atoms with Crippen molar-refractivity contribution < 1.29 is 4.79 Å². The minimum absolute atomic E-state index is 0.0802. The van der Waals surface area contributed by atoms with E-state index in [0.717, 1.165) is 55.1 Å². The molecule has 2 bridgehead atoms. The third-order valence-electron chi connectivity index (χ3n) is 7.25. The lowest BCUT2D eigenvalue weighted by molar-refractivity contribution is -0.114. The van der Waals surface area contributed by atoms with Gasteiger partial charge in [0, 0.05) is 67.5 Å². The molecule has 2 aliphatic heterocycles. The maximum Gasteiger partial charge on any atom is 0.258 e. The van der Waals surface area contributed by atoms with Crippen molar-refractivity contribution in [1.82, 2.24) is 14.5 Å². The number of hydrogen-bond donors (Lipinski definition) is 1. The Morgan fingerprint density at radius 1 is 1.03 bits per heavy atom. The molecule has 176 valence electrons. The van der Waals surface area contributed by atoms with E-state index in [1.165, 1.54) is 17.9 Å². The molecule has 0 unspecified atom stereocenters. The molecule has 35 heavy (non-hydrogen) atoms. The van der Waals surface area contributed by atoms with Crippen LogP contribution in [0.5, 0.6) is 0 Å². The molecule has 0 spiro atoms. The summed E-state index contributed by atoms with van der Waals surface area (Å²) >= 11 is 0. The summed E-state index contributed by atoms with van der Waals surface area (Å²) in [7, 11) is 0. The SMILES string of the molecule is CC(=O)Nc1ccc(-c2ccc3n(c2=O)C[C@@H]2C[C@@H]3CN(Cc3cnc4ccccc4c3)C2)cc1. The number of fused-ring (bicyclic) bond motifs is 5. The molecule has 6 nitrogen and oxygen atoms in total. The van der Waals surface area contributed by atoms with Gasteiger partial charge in [0.05, 0.1) is 5.52 Å². The van der Waals surface area contributed by atoms with Crippen molar-refractivity contribution in [3.8, 4) is 11.1 Å². The van der Waals surface area contributed by atoms with Crippen molar-refractivity contribution in [1.29, 1.82) is 0 Å². The molecule has 4 aromatic rings. The Morgan fingerprint density at radius 3 is 2.69 bits per heavy atom. The standard InChI is InChI=1S/C29H28N4O2/c1-19(34)31-25-8-6-22(7-9-25)26-10-11-28-24-13-21(17-33(28)29(26)35)16-32(18-24)15-20-12-23-4-2-3-5-27(23)30-14-20/h2-12,14,21,24H,13,15-18H2,1H3,(H,31,34)/t21-,24-/m1/s1. The maximum absolute atomic E-state index is 13.5. The van der Waals surface area contributed by atoms with Gasteiger partial charge in [0.15, 0.2) is 0 Å². The largest absolute Gasteiger partial charge is 0.326 e. The highest BCUT2D eigenvalue weighted by Gasteiger charge is 2.35. The van der Waals surface area contributed by atoms with Crippen LogP contribution in [0.3, 0.4) is 0 Å². The Hall–Kier alpha value is -3.77. The van der Waals surface area contributed by atoms with E-state index in [4.69, 9.17) is 0 Å². The lowest BCUT2D eigenvalue weighted by Crippen LogP contribution is -2.46. The molecular formula is C29H28N4O2. The first kappa shape index (κ1) is 21.7. The van der Waals surface area contributed by atoms with E-state index in [1.807, 2.05) is 53.2 Å². The average molecular weight is 465 g/mol. The van der Waals surface area contributed by atoms with Crippen LogP contribution in [0.2, 0.25) is 0 Å². The highest BCUT2D eigenvalue weighted by molar-refractivity contribution is 5.89. The van der Waals surface area contributed by atoms with Crippen molar-refractivity contribution in [3.63, 3.8) is 0 Å². The van der Waals surface area contributed by atoms with Crippen LogP contribution in [0, 0.1) is 5.92 Å². The van der Waals surface area contributed by atoms with Crippen molar-refractivity contribution in [2.45, 2.75) is 32.4 Å². The van der Waals surface area contributed by atoms with Gasteiger partial charge in [-0.05, 0) is 59.9 Å². The molecule has 2 aromatic heterocycles. The fourth-order valence-electron chi connectivity index (χ4n) is 5.79. The second-order valence-corrected chi connectivity index (χ2v) is 9.88. The summed E-state index contributed by atoms with van der Waals surface area (Å²) in [5, 5.41) is 3.95. The second-order valence-electron chi connectivity index (χ2n) is 9.88. The van der Waals surface area contributed by atoms with Gasteiger partial charge in [-0.1, -0.05) is 30.3 Å². The fraction of sp³-hybridized carbons (Fsp3) is 0.276. The minimum Gasteiger partial charge on any atom is -0.326 e. The highest BCUT2D eigenvalue weighted by Crippen LogP contribution is 2.36. The van der Waals surface area contributed by atoms with Crippen LogP contribution in [0.15, 0.2) is 77.7 Å². The number of hydrogen-bond acceptors (Lipinski definition) is 4. The van der Waals surface area contributed by atoms with Gasteiger partial charge in [-0.2, -0.15) is 0 Å².